The molecule has 3 aliphatic rings. The number of fused-ring (bicyclic) bond motifs is 1. The van der Waals surface area contributed by atoms with Gasteiger partial charge in [0.15, 0.2) is 0 Å². The SMILES string of the molecule is CC12CCCCC13CCC(=O)C23. The second-order valence-corrected chi connectivity index (χ2v) is 5.18. The van der Waals surface area contributed by atoms with E-state index in [0.29, 0.717) is 22.5 Å². The Morgan fingerprint density at radius 3 is 2.75 bits per heavy atom. The number of Topliss-reactive ketones (excluding diaryl/α,β-unsaturated/α-hetero) is 1. The summed E-state index contributed by atoms with van der Waals surface area (Å²) in [6, 6.07) is 0. The molecule has 3 rings (SSSR count). The third-order valence-corrected chi connectivity index (χ3v) is 4.95. The van der Waals surface area contributed by atoms with Crippen LogP contribution >= 0.6 is 0 Å². The average Bonchev–Trinajstić information content (AvgIpc) is 2.44. The van der Waals surface area contributed by atoms with Crippen LogP contribution in [0.15, 0.2) is 0 Å². The first-order valence-electron chi connectivity index (χ1n) is 5.23. The van der Waals surface area contributed by atoms with Crippen molar-refractivity contribution in [2.45, 2.75) is 45.4 Å². The zero-order chi connectivity index (χ0) is 8.40. The molecule has 3 aliphatic carbocycles. The van der Waals surface area contributed by atoms with Crippen LogP contribution in [0.25, 0.3) is 0 Å². The van der Waals surface area contributed by atoms with Gasteiger partial charge in [0, 0.05) is 12.3 Å². The highest BCUT2D eigenvalue weighted by atomic mass is 16.1. The van der Waals surface area contributed by atoms with E-state index in [1.165, 1.54) is 32.1 Å². The molecule has 3 fully saturated rings. The molecule has 0 heterocycles. The van der Waals surface area contributed by atoms with Crippen LogP contribution in [0.1, 0.15) is 45.4 Å². The lowest BCUT2D eigenvalue weighted by Crippen LogP contribution is -2.17. The van der Waals surface area contributed by atoms with Gasteiger partial charge < -0.3 is 0 Å². The molecule has 0 aromatic heterocycles. The van der Waals surface area contributed by atoms with Gasteiger partial charge in [-0.2, -0.15) is 0 Å². The lowest BCUT2D eigenvalue weighted by atomic mass is 9.78. The minimum atomic E-state index is 0.459. The molecule has 1 heteroatoms. The summed E-state index contributed by atoms with van der Waals surface area (Å²) in [6.45, 7) is 2.36. The molecular weight excluding hydrogens is 148 g/mol. The maximum Gasteiger partial charge on any atom is 0.137 e. The highest BCUT2D eigenvalue weighted by Crippen LogP contribution is 2.80. The molecule has 0 bridgehead atoms. The van der Waals surface area contributed by atoms with Gasteiger partial charge in [-0.1, -0.05) is 19.8 Å². The Morgan fingerprint density at radius 1 is 1.25 bits per heavy atom. The normalized spacial score (nSPS) is 56.4. The molecule has 66 valence electrons. The van der Waals surface area contributed by atoms with Crippen molar-refractivity contribution in [1.82, 2.24) is 0 Å². The summed E-state index contributed by atoms with van der Waals surface area (Å²) >= 11 is 0. The predicted molar refractivity (Wildman–Crippen MR) is 46.7 cm³/mol. The van der Waals surface area contributed by atoms with E-state index in [-0.39, 0.29) is 0 Å². The van der Waals surface area contributed by atoms with E-state index >= 15 is 0 Å². The van der Waals surface area contributed by atoms with Crippen LogP contribution in [-0.4, -0.2) is 5.78 Å². The summed E-state index contributed by atoms with van der Waals surface area (Å²) < 4.78 is 0. The van der Waals surface area contributed by atoms with E-state index in [9.17, 15) is 4.79 Å². The maximum atomic E-state index is 11.6. The number of carbonyl (C=O) groups is 1. The lowest BCUT2D eigenvalue weighted by Gasteiger charge is -2.26. The fourth-order valence-electron chi connectivity index (χ4n) is 4.31. The first-order valence-corrected chi connectivity index (χ1v) is 5.23. The Morgan fingerprint density at radius 2 is 2.00 bits per heavy atom. The molecule has 12 heavy (non-hydrogen) atoms. The second-order valence-electron chi connectivity index (χ2n) is 5.18. The number of hydrogen-bond donors (Lipinski definition) is 0. The van der Waals surface area contributed by atoms with Crippen LogP contribution in [0.2, 0.25) is 0 Å². The molecule has 3 unspecified atom stereocenters. The molecule has 0 N–H and O–H groups in total. The Labute approximate surface area is 73.5 Å². The smallest absolute Gasteiger partial charge is 0.137 e. The molecule has 0 aliphatic heterocycles. The third kappa shape index (κ3) is 0.512. The van der Waals surface area contributed by atoms with Gasteiger partial charge in [0.05, 0.1) is 0 Å². The number of hydrogen-bond acceptors (Lipinski definition) is 1. The highest BCUT2D eigenvalue weighted by Gasteiger charge is 2.77. The van der Waals surface area contributed by atoms with Crippen molar-refractivity contribution in [3.63, 3.8) is 0 Å². The number of rotatable bonds is 0. The Balaban J connectivity index is 2.01. The van der Waals surface area contributed by atoms with Gasteiger partial charge in [0.1, 0.15) is 5.78 Å². The molecule has 1 spiro atoms. The minimum absolute atomic E-state index is 0.459. The largest absolute Gasteiger partial charge is 0.299 e. The summed E-state index contributed by atoms with van der Waals surface area (Å²) in [5.41, 5.74) is 0.975. The van der Waals surface area contributed by atoms with Gasteiger partial charge in [-0.15, -0.1) is 0 Å². The molecule has 0 radical (unpaired) electrons. The van der Waals surface area contributed by atoms with Crippen molar-refractivity contribution >= 4 is 5.78 Å². The molecule has 0 aromatic rings. The van der Waals surface area contributed by atoms with Gasteiger partial charge in [0.2, 0.25) is 0 Å². The predicted octanol–water partition coefficient (Wildman–Crippen LogP) is 2.55. The van der Waals surface area contributed by atoms with E-state index in [4.69, 9.17) is 0 Å². The van der Waals surface area contributed by atoms with Crippen LogP contribution < -0.4 is 0 Å². The van der Waals surface area contributed by atoms with E-state index in [1.807, 2.05) is 0 Å². The maximum absolute atomic E-state index is 11.6. The summed E-state index contributed by atoms with van der Waals surface area (Å²) in [6.07, 6.45) is 7.51. The van der Waals surface area contributed by atoms with E-state index in [1.54, 1.807) is 0 Å². The van der Waals surface area contributed by atoms with Gasteiger partial charge >= 0.3 is 0 Å². The van der Waals surface area contributed by atoms with E-state index < -0.39 is 0 Å². The first-order chi connectivity index (χ1) is 5.71. The van der Waals surface area contributed by atoms with Gasteiger partial charge in [-0.25, -0.2) is 0 Å². The quantitative estimate of drug-likeness (QED) is 0.537. The van der Waals surface area contributed by atoms with Gasteiger partial charge in [0.25, 0.3) is 0 Å². The van der Waals surface area contributed by atoms with Crippen molar-refractivity contribution in [3.8, 4) is 0 Å². The molecular formula is C11H16O. The van der Waals surface area contributed by atoms with Crippen LogP contribution in [0.3, 0.4) is 0 Å². The molecule has 0 saturated heterocycles. The molecule has 3 atom stereocenters. The van der Waals surface area contributed by atoms with Crippen molar-refractivity contribution < 1.29 is 4.79 Å². The lowest BCUT2D eigenvalue weighted by molar-refractivity contribution is -0.120. The Kier molecular flexibility index (Phi) is 1.06. The molecule has 1 nitrogen and oxygen atoms in total. The first kappa shape index (κ1) is 7.11. The van der Waals surface area contributed by atoms with Crippen LogP contribution in [0.4, 0.5) is 0 Å². The zero-order valence-corrected chi connectivity index (χ0v) is 7.73. The molecule has 0 amide bonds. The third-order valence-electron chi connectivity index (χ3n) is 4.95. The summed E-state index contributed by atoms with van der Waals surface area (Å²) in [7, 11) is 0. The number of ketones is 1. The standard InChI is InChI=1S/C11H16O/c1-10-5-2-3-6-11(10)7-4-8(12)9(10)11/h9H,2-7H2,1H3. The fraction of sp³-hybridized carbons (Fsp3) is 0.909. The number of carbonyl (C=O) groups excluding carboxylic acids is 1. The molecule has 0 aromatic carbocycles. The topological polar surface area (TPSA) is 17.1 Å². The van der Waals surface area contributed by atoms with Crippen LogP contribution in [0, 0.1) is 16.7 Å². The van der Waals surface area contributed by atoms with Crippen LogP contribution in [0.5, 0.6) is 0 Å². The van der Waals surface area contributed by atoms with Crippen molar-refractivity contribution in [2.24, 2.45) is 16.7 Å². The molecule has 3 saturated carbocycles. The fourth-order valence-corrected chi connectivity index (χ4v) is 4.31. The zero-order valence-electron chi connectivity index (χ0n) is 7.73. The van der Waals surface area contributed by atoms with Gasteiger partial charge in [-0.3, -0.25) is 4.79 Å². The average molecular weight is 164 g/mol. The van der Waals surface area contributed by atoms with Crippen molar-refractivity contribution in [2.75, 3.05) is 0 Å². The van der Waals surface area contributed by atoms with Crippen LogP contribution in [-0.2, 0) is 4.79 Å². The van der Waals surface area contributed by atoms with Gasteiger partial charge in [-0.05, 0) is 30.1 Å². The minimum Gasteiger partial charge on any atom is -0.299 e. The van der Waals surface area contributed by atoms with E-state index in [2.05, 4.69) is 6.92 Å². The second kappa shape index (κ2) is 1.78. The highest BCUT2D eigenvalue weighted by molar-refractivity contribution is 5.89. The Hall–Kier alpha value is -0.330. The monoisotopic (exact) mass is 164 g/mol. The van der Waals surface area contributed by atoms with Crippen molar-refractivity contribution in [3.05, 3.63) is 0 Å². The van der Waals surface area contributed by atoms with E-state index in [0.717, 1.165) is 6.42 Å². The Bertz CT molecular complexity index is 258. The van der Waals surface area contributed by atoms with Crippen molar-refractivity contribution in [1.29, 1.82) is 0 Å². The summed E-state index contributed by atoms with van der Waals surface area (Å²) in [5.74, 6) is 1.08. The summed E-state index contributed by atoms with van der Waals surface area (Å²) in [4.78, 5) is 11.6. The summed E-state index contributed by atoms with van der Waals surface area (Å²) in [5, 5.41) is 0.